The Morgan fingerprint density at radius 1 is 1.11 bits per heavy atom. The highest BCUT2D eigenvalue weighted by molar-refractivity contribution is 6.35. The van der Waals surface area contributed by atoms with E-state index in [-0.39, 0.29) is 5.78 Å². The SMILES string of the molecule is COc1ccc(Cl)c2c1CCC(C)(N1CCC(c3ccccc3)CC1)C2=O. The first kappa shape index (κ1) is 18.5. The molecule has 1 unspecified atom stereocenters. The Kier molecular flexibility index (Phi) is 5.00. The van der Waals surface area contributed by atoms with Crippen molar-refractivity contribution in [2.24, 2.45) is 0 Å². The number of Topliss-reactive ketones (excluding diaryl/α,β-unsaturated/α-hetero) is 1. The summed E-state index contributed by atoms with van der Waals surface area (Å²) in [5.74, 6) is 1.50. The molecule has 1 atom stereocenters. The number of rotatable bonds is 3. The molecule has 1 fully saturated rings. The molecule has 1 aliphatic heterocycles. The van der Waals surface area contributed by atoms with Gasteiger partial charge in [-0.2, -0.15) is 0 Å². The van der Waals surface area contributed by atoms with Crippen molar-refractivity contribution in [3.63, 3.8) is 0 Å². The van der Waals surface area contributed by atoms with E-state index in [4.69, 9.17) is 16.3 Å². The van der Waals surface area contributed by atoms with E-state index in [1.54, 1.807) is 13.2 Å². The lowest BCUT2D eigenvalue weighted by atomic mass is 9.75. The summed E-state index contributed by atoms with van der Waals surface area (Å²) in [6, 6.07) is 14.4. The smallest absolute Gasteiger partial charge is 0.184 e. The molecule has 2 aromatic rings. The minimum Gasteiger partial charge on any atom is -0.496 e. The van der Waals surface area contributed by atoms with Crippen molar-refractivity contribution in [2.45, 2.75) is 44.1 Å². The molecular formula is C23H26ClNO2. The van der Waals surface area contributed by atoms with Gasteiger partial charge >= 0.3 is 0 Å². The molecule has 0 bridgehead atoms. The van der Waals surface area contributed by atoms with Crippen LogP contribution in [0.2, 0.25) is 5.02 Å². The molecule has 3 nitrogen and oxygen atoms in total. The van der Waals surface area contributed by atoms with Crippen LogP contribution in [-0.2, 0) is 6.42 Å². The molecule has 4 rings (SSSR count). The molecule has 0 radical (unpaired) electrons. The largest absolute Gasteiger partial charge is 0.496 e. The zero-order valence-corrected chi connectivity index (χ0v) is 16.8. The van der Waals surface area contributed by atoms with E-state index in [1.807, 2.05) is 6.07 Å². The number of methoxy groups -OCH3 is 1. The molecule has 0 amide bonds. The van der Waals surface area contributed by atoms with Crippen LogP contribution >= 0.6 is 11.6 Å². The molecule has 2 aliphatic rings. The number of carbonyl (C=O) groups excluding carboxylic acids is 1. The Morgan fingerprint density at radius 2 is 1.81 bits per heavy atom. The summed E-state index contributed by atoms with van der Waals surface area (Å²) in [6.07, 6.45) is 3.81. The van der Waals surface area contributed by atoms with Gasteiger partial charge < -0.3 is 4.74 Å². The maximum absolute atomic E-state index is 13.5. The summed E-state index contributed by atoms with van der Waals surface area (Å²) in [4.78, 5) is 15.9. The monoisotopic (exact) mass is 383 g/mol. The molecular weight excluding hydrogens is 358 g/mol. The number of hydrogen-bond acceptors (Lipinski definition) is 3. The normalized spacial score (nSPS) is 23.9. The molecule has 0 spiro atoms. The Balaban J connectivity index is 1.56. The number of hydrogen-bond donors (Lipinski definition) is 0. The molecule has 27 heavy (non-hydrogen) atoms. The zero-order chi connectivity index (χ0) is 19.0. The van der Waals surface area contributed by atoms with Crippen LogP contribution in [0.4, 0.5) is 0 Å². The van der Waals surface area contributed by atoms with Crippen LogP contribution in [0.1, 0.15) is 53.6 Å². The first-order valence-electron chi connectivity index (χ1n) is 9.75. The van der Waals surface area contributed by atoms with Crippen LogP contribution in [0.5, 0.6) is 5.75 Å². The third-order valence-corrected chi connectivity index (χ3v) is 6.80. The number of halogens is 1. The van der Waals surface area contributed by atoms with E-state index in [1.165, 1.54) is 5.56 Å². The maximum atomic E-state index is 13.5. The minimum absolute atomic E-state index is 0.144. The van der Waals surface area contributed by atoms with E-state index < -0.39 is 5.54 Å². The summed E-state index contributed by atoms with van der Waals surface area (Å²) in [5.41, 5.74) is 2.56. The van der Waals surface area contributed by atoms with Gasteiger partial charge in [0.1, 0.15) is 5.75 Å². The number of piperidine rings is 1. The first-order chi connectivity index (χ1) is 13.0. The molecule has 1 saturated heterocycles. The highest BCUT2D eigenvalue weighted by Gasteiger charge is 2.45. The van der Waals surface area contributed by atoms with Crippen LogP contribution in [0.3, 0.4) is 0 Å². The summed E-state index contributed by atoms with van der Waals surface area (Å²) in [7, 11) is 1.65. The summed E-state index contributed by atoms with van der Waals surface area (Å²) >= 11 is 6.44. The predicted octanol–water partition coefficient (Wildman–Crippen LogP) is 5.12. The zero-order valence-electron chi connectivity index (χ0n) is 16.0. The number of nitrogens with zero attached hydrogens (tertiary/aromatic N) is 1. The predicted molar refractivity (Wildman–Crippen MR) is 109 cm³/mol. The van der Waals surface area contributed by atoms with Crippen molar-refractivity contribution in [2.75, 3.05) is 20.2 Å². The highest BCUT2D eigenvalue weighted by atomic mass is 35.5. The molecule has 1 aliphatic carbocycles. The number of ketones is 1. The number of fused-ring (bicyclic) bond motifs is 1. The van der Waals surface area contributed by atoms with E-state index in [2.05, 4.69) is 42.2 Å². The highest BCUT2D eigenvalue weighted by Crippen LogP contribution is 2.42. The van der Waals surface area contributed by atoms with Gasteiger partial charge in [0, 0.05) is 11.1 Å². The second kappa shape index (κ2) is 7.29. The van der Waals surface area contributed by atoms with Gasteiger partial charge in [-0.25, -0.2) is 0 Å². The number of carbonyl (C=O) groups is 1. The van der Waals surface area contributed by atoms with Crippen LogP contribution in [0.15, 0.2) is 42.5 Å². The second-order valence-corrected chi connectivity index (χ2v) is 8.29. The Morgan fingerprint density at radius 3 is 2.48 bits per heavy atom. The molecule has 0 aromatic heterocycles. The first-order valence-corrected chi connectivity index (χ1v) is 10.1. The van der Waals surface area contributed by atoms with E-state index in [9.17, 15) is 4.79 Å². The van der Waals surface area contributed by atoms with Gasteiger partial charge in [-0.15, -0.1) is 0 Å². The van der Waals surface area contributed by atoms with Crippen molar-refractivity contribution < 1.29 is 9.53 Å². The standard InChI is InChI=1S/C23H26ClNO2/c1-23(25-14-11-17(12-15-25)16-6-4-3-5-7-16)13-10-18-20(27-2)9-8-19(24)21(18)22(23)26/h3-9,17H,10-15H2,1-2H3. The molecule has 0 N–H and O–H groups in total. The number of benzene rings is 2. The van der Waals surface area contributed by atoms with Gasteiger partial charge in [0.25, 0.3) is 0 Å². The fourth-order valence-corrected chi connectivity index (χ4v) is 5.03. The van der Waals surface area contributed by atoms with Gasteiger partial charge in [0.05, 0.1) is 17.7 Å². The average Bonchev–Trinajstić information content (AvgIpc) is 2.72. The van der Waals surface area contributed by atoms with Crippen molar-refractivity contribution in [1.82, 2.24) is 4.90 Å². The Labute approximate surface area is 166 Å². The summed E-state index contributed by atoms with van der Waals surface area (Å²) in [5, 5.41) is 0.542. The fraction of sp³-hybridized carbons (Fsp3) is 0.435. The summed E-state index contributed by atoms with van der Waals surface area (Å²) in [6.45, 7) is 3.98. The molecule has 0 saturated carbocycles. The van der Waals surface area contributed by atoms with Crippen LogP contribution in [-0.4, -0.2) is 36.4 Å². The third kappa shape index (κ3) is 3.17. The second-order valence-electron chi connectivity index (χ2n) is 7.88. The maximum Gasteiger partial charge on any atom is 0.184 e. The van der Waals surface area contributed by atoms with Gasteiger partial charge in [-0.05, 0) is 69.3 Å². The van der Waals surface area contributed by atoms with Crippen LogP contribution in [0.25, 0.3) is 0 Å². The Hall–Kier alpha value is -1.84. The van der Waals surface area contributed by atoms with Crippen molar-refractivity contribution in [1.29, 1.82) is 0 Å². The van der Waals surface area contributed by atoms with Gasteiger partial charge in [0.15, 0.2) is 5.78 Å². The summed E-state index contributed by atoms with van der Waals surface area (Å²) < 4.78 is 5.47. The van der Waals surface area contributed by atoms with Crippen molar-refractivity contribution >= 4 is 17.4 Å². The molecule has 4 heteroatoms. The van der Waals surface area contributed by atoms with Gasteiger partial charge in [0.2, 0.25) is 0 Å². The van der Waals surface area contributed by atoms with E-state index in [0.717, 1.165) is 50.1 Å². The van der Waals surface area contributed by atoms with E-state index in [0.29, 0.717) is 16.5 Å². The lowest BCUT2D eigenvalue weighted by molar-refractivity contribution is 0.0438. The van der Waals surface area contributed by atoms with Crippen LogP contribution in [0, 0.1) is 0 Å². The number of ether oxygens (including phenoxy) is 1. The van der Waals surface area contributed by atoms with Crippen molar-refractivity contribution in [3.8, 4) is 5.75 Å². The molecule has 1 heterocycles. The lowest BCUT2D eigenvalue weighted by Crippen LogP contribution is -2.56. The average molecular weight is 384 g/mol. The quantitative estimate of drug-likeness (QED) is 0.737. The molecule has 2 aromatic carbocycles. The Bertz CT molecular complexity index is 843. The minimum atomic E-state index is -0.481. The van der Waals surface area contributed by atoms with Gasteiger partial charge in [-0.1, -0.05) is 41.9 Å². The number of likely N-dealkylation sites (tertiary alicyclic amines) is 1. The van der Waals surface area contributed by atoms with Gasteiger partial charge in [-0.3, -0.25) is 9.69 Å². The molecule has 142 valence electrons. The van der Waals surface area contributed by atoms with Crippen LogP contribution < -0.4 is 4.74 Å². The fourth-order valence-electron chi connectivity index (χ4n) is 4.77. The topological polar surface area (TPSA) is 29.5 Å². The lowest BCUT2D eigenvalue weighted by Gasteiger charge is -2.46. The third-order valence-electron chi connectivity index (χ3n) is 6.48. The van der Waals surface area contributed by atoms with Crippen molar-refractivity contribution in [3.05, 3.63) is 64.2 Å². The van der Waals surface area contributed by atoms with E-state index >= 15 is 0 Å².